The van der Waals surface area contributed by atoms with E-state index in [2.05, 4.69) is 44.0 Å². The summed E-state index contributed by atoms with van der Waals surface area (Å²) in [5.74, 6) is 0.985. The molecule has 1 unspecified atom stereocenters. The molecule has 2 aromatic heterocycles. The first-order valence-electron chi connectivity index (χ1n) is 10.8. The highest BCUT2D eigenvalue weighted by atomic mass is 16.5. The molecule has 166 valence electrons. The van der Waals surface area contributed by atoms with Crippen LogP contribution >= 0.6 is 0 Å². The highest BCUT2D eigenvalue weighted by Crippen LogP contribution is 2.43. The SMILES string of the molecule is COc1ncnc(-c2ccc(-c3ccc(O[C@H]4CC5CC[C@](C)(C4)N5C)nn3)c(O)c2)n1. The van der Waals surface area contributed by atoms with E-state index < -0.39 is 0 Å². The molecule has 3 aromatic rings. The van der Waals surface area contributed by atoms with Crippen LogP contribution in [0.4, 0.5) is 0 Å². The van der Waals surface area contributed by atoms with Crippen LogP contribution in [-0.4, -0.2) is 67.0 Å². The number of benzene rings is 1. The zero-order valence-corrected chi connectivity index (χ0v) is 18.4. The Bertz CT molecular complexity index is 1120. The second-order valence-electron chi connectivity index (χ2n) is 8.76. The molecule has 32 heavy (non-hydrogen) atoms. The molecule has 1 aromatic carbocycles. The molecule has 5 rings (SSSR count). The minimum Gasteiger partial charge on any atom is -0.507 e. The van der Waals surface area contributed by atoms with E-state index in [1.165, 1.54) is 26.3 Å². The maximum Gasteiger partial charge on any atom is 0.319 e. The maximum atomic E-state index is 10.6. The molecule has 2 aliphatic heterocycles. The highest BCUT2D eigenvalue weighted by molar-refractivity contribution is 5.71. The van der Waals surface area contributed by atoms with Crippen LogP contribution in [-0.2, 0) is 0 Å². The predicted molar refractivity (Wildman–Crippen MR) is 117 cm³/mol. The molecule has 2 fully saturated rings. The van der Waals surface area contributed by atoms with Gasteiger partial charge in [-0.15, -0.1) is 10.2 Å². The summed E-state index contributed by atoms with van der Waals surface area (Å²) in [5.41, 5.74) is 1.98. The third-order valence-electron chi connectivity index (χ3n) is 6.81. The van der Waals surface area contributed by atoms with Crippen LogP contribution in [0.1, 0.15) is 32.6 Å². The number of phenolic OH excluding ortho intramolecular Hbond substituents is 1. The van der Waals surface area contributed by atoms with E-state index in [0.29, 0.717) is 34.6 Å². The number of phenols is 1. The van der Waals surface area contributed by atoms with E-state index in [1.54, 1.807) is 12.1 Å². The normalized spacial score (nSPS) is 25.0. The number of nitrogens with zero attached hydrogens (tertiary/aromatic N) is 6. The first kappa shape index (κ1) is 20.6. The van der Waals surface area contributed by atoms with Gasteiger partial charge in [0, 0.05) is 35.2 Å². The molecule has 4 heterocycles. The van der Waals surface area contributed by atoms with Crippen molar-refractivity contribution in [3.63, 3.8) is 0 Å². The van der Waals surface area contributed by atoms with Gasteiger partial charge in [-0.2, -0.15) is 9.97 Å². The van der Waals surface area contributed by atoms with Crippen molar-refractivity contribution >= 4 is 0 Å². The van der Waals surface area contributed by atoms with Crippen molar-refractivity contribution in [1.29, 1.82) is 0 Å². The fourth-order valence-electron chi connectivity index (χ4n) is 4.88. The van der Waals surface area contributed by atoms with Gasteiger partial charge in [-0.3, -0.25) is 4.90 Å². The number of methoxy groups -OCH3 is 1. The van der Waals surface area contributed by atoms with Crippen LogP contribution < -0.4 is 9.47 Å². The second-order valence-corrected chi connectivity index (χ2v) is 8.76. The molecule has 3 atom stereocenters. The lowest BCUT2D eigenvalue weighted by molar-refractivity contribution is 0.0157. The van der Waals surface area contributed by atoms with E-state index in [1.807, 2.05) is 18.2 Å². The van der Waals surface area contributed by atoms with Crippen LogP contribution in [0.5, 0.6) is 17.6 Å². The molecule has 9 nitrogen and oxygen atoms in total. The van der Waals surface area contributed by atoms with Crippen LogP contribution in [0.25, 0.3) is 22.6 Å². The van der Waals surface area contributed by atoms with Crippen molar-refractivity contribution in [1.82, 2.24) is 30.0 Å². The summed E-state index contributed by atoms with van der Waals surface area (Å²) < 4.78 is 11.2. The van der Waals surface area contributed by atoms with Gasteiger partial charge in [-0.25, -0.2) is 4.98 Å². The number of fused-ring (bicyclic) bond motifs is 2. The molecule has 0 spiro atoms. The number of aromatic nitrogens is 5. The number of hydrogen-bond acceptors (Lipinski definition) is 9. The third-order valence-corrected chi connectivity index (χ3v) is 6.81. The van der Waals surface area contributed by atoms with E-state index >= 15 is 0 Å². The molecular formula is C23H26N6O3. The number of rotatable bonds is 5. The van der Waals surface area contributed by atoms with Gasteiger partial charge >= 0.3 is 6.01 Å². The van der Waals surface area contributed by atoms with Crippen molar-refractivity contribution in [2.24, 2.45) is 0 Å². The van der Waals surface area contributed by atoms with E-state index in [-0.39, 0.29) is 23.4 Å². The highest BCUT2D eigenvalue weighted by Gasteiger charge is 2.47. The van der Waals surface area contributed by atoms with E-state index in [0.717, 1.165) is 12.8 Å². The smallest absolute Gasteiger partial charge is 0.319 e. The summed E-state index contributed by atoms with van der Waals surface area (Å²) >= 11 is 0. The summed E-state index contributed by atoms with van der Waals surface area (Å²) in [4.78, 5) is 14.7. The Morgan fingerprint density at radius 2 is 2.03 bits per heavy atom. The zero-order valence-electron chi connectivity index (χ0n) is 18.4. The van der Waals surface area contributed by atoms with Crippen molar-refractivity contribution in [2.75, 3.05) is 14.2 Å². The third kappa shape index (κ3) is 3.73. The average Bonchev–Trinajstić information content (AvgIpc) is 2.96. The standard InChI is InChI=1S/C23H26N6O3/c1-23-9-8-15(29(23)2)11-16(12-23)32-20-7-6-18(27-28-20)17-5-4-14(10-19(17)30)21-24-13-25-22(26-21)31-3/h4-7,10,13,15-16,30H,8-9,11-12H2,1-3H3/t15?,16-,23+/m0/s1. The summed E-state index contributed by atoms with van der Waals surface area (Å²) in [7, 11) is 3.71. The zero-order chi connectivity index (χ0) is 22.3. The molecule has 2 bridgehead atoms. The van der Waals surface area contributed by atoms with Crippen LogP contribution in [0, 0.1) is 0 Å². The Morgan fingerprint density at radius 3 is 2.75 bits per heavy atom. The lowest BCUT2D eigenvalue weighted by Crippen LogP contribution is -2.51. The van der Waals surface area contributed by atoms with Crippen molar-refractivity contribution in [2.45, 2.75) is 50.3 Å². The fraction of sp³-hybridized carbons (Fsp3) is 0.435. The molecule has 0 aliphatic carbocycles. The first-order chi connectivity index (χ1) is 15.4. The summed E-state index contributed by atoms with van der Waals surface area (Å²) in [6, 6.07) is 9.58. The van der Waals surface area contributed by atoms with Crippen molar-refractivity contribution in [3.8, 4) is 40.3 Å². The molecule has 0 radical (unpaired) electrons. The Labute approximate surface area is 186 Å². The Hall–Kier alpha value is -3.33. The summed E-state index contributed by atoms with van der Waals surface area (Å²) in [6.45, 7) is 2.32. The average molecular weight is 435 g/mol. The second kappa shape index (κ2) is 7.98. The summed E-state index contributed by atoms with van der Waals surface area (Å²) in [6.07, 6.45) is 5.96. The monoisotopic (exact) mass is 434 g/mol. The largest absolute Gasteiger partial charge is 0.507 e. The summed E-state index contributed by atoms with van der Waals surface area (Å²) in [5, 5.41) is 19.1. The van der Waals surface area contributed by atoms with Gasteiger partial charge in [0.05, 0.1) is 12.8 Å². The Morgan fingerprint density at radius 1 is 1.16 bits per heavy atom. The Balaban J connectivity index is 1.31. The van der Waals surface area contributed by atoms with Gasteiger partial charge in [0.25, 0.3) is 0 Å². The number of ether oxygens (including phenoxy) is 2. The van der Waals surface area contributed by atoms with Gasteiger partial charge in [0.2, 0.25) is 5.88 Å². The quantitative estimate of drug-likeness (QED) is 0.648. The van der Waals surface area contributed by atoms with Crippen LogP contribution in [0.3, 0.4) is 0 Å². The molecule has 9 heteroatoms. The van der Waals surface area contributed by atoms with Gasteiger partial charge in [-0.1, -0.05) is 6.07 Å². The lowest BCUT2D eigenvalue weighted by atomic mass is 9.89. The van der Waals surface area contributed by atoms with Gasteiger partial charge in [0.15, 0.2) is 5.82 Å². The molecule has 2 saturated heterocycles. The minimum atomic E-state index is 0.0599. The van der Waals surface area contributed by atoms with E-state index in [9.17, 15) is 5.11 Å². The van der Waals surface area contributed by atoms with Gasteiger partial charge < -0.3 is 14.6 Å². The topological polar surface area (TPSA) is 106 Å². The fourth-order valence-corrected chi connectivity index (χ4v) is 4.88. The number of piperidine rings is 1. The Kier molecular flexibility index (Phi) is 5.13. The first-order valence-corrected chi connectivity index (χ1v) is 10.8. The molecule has 0 saturated carbocycles. The predicted octanol–water partition coefficient (Wildman–Crippen LogP) is 3.10. The van der Waals surface area contributed by atoms with E-state index in [4.69, 9.17) is 9.47 Å². The molecular weight excluding hydrogens is 408 g/mol. The number of hydrogen-bond donors (Lipinski definition) is 1. The van der Waals surface area contributed by atoms with Crippen LogP contribution in [0.2, 0.25) is 0 Å². The molecule has 1 N–H and O–H groups in total. The van der Waals surface area contributed by atoms with Gasteiger partial charge in [0.1, 0.15) is 18.2 Å². The van der Waals surface area contributed by atoms with Crippen molar-refractivity contribution in [3.05, 3.63) is 36.7 Å². The maximum absolute atomic E-state index is 10.6. The van der Waals surface area contributed by atoms with Gasteiger partial charge in [-0.05, 0) is 51.4 Å². The number of aromatic hydroxyl groups is 1. The molecule has 0 amide bonds. The minimum absolute atomic E-state index is 0.0599. The molecule has 2 aliphatic rings. The lowest BCUT2D eigenvalue weighted by Gasteiger charge is -2.43. The van der Waals surface area contributed by atoms with Crippen molar-refractivity contribution < 1.29 is 14.6 Å². The van der Waals surface area contributed by atoms with Crippen LogP contribution in [0.15, 0.2) is 36.7 Å².